The first-order valence-electron chi connectivity index (χ1n) is 8.91. The third kappa shape index (κ3) is 6.13. The molecule has 3 aromatic rings. The van der Waals surface area contributed by atoms with E-state index >= 15 is 0 Å². The van der Waals surface area contributed by atoms with Crippen molar-refractivity contribution in [3.05, 3.63) is 59.7 Å². The summed E-state index contributed by atoms with van der Waals surface area (Å²) in [6, 6.07) is 14.1. The van der Waals surface area contributed by atoms with Crippen molar-refractivity contribution in [3.63, 3.8) is 0 Å². The fraction of sp³-hybridized carbons (Fsp3) is 0.150. The summed E-state index contributed by atoms with van der Waals surface area (Å²) in [6.45, 7) is 3.29. The second kappa shape index (κ2) is 9.99. The summed E-state index contributed by atoms with van der Waals surface area (Å²) >= 11 is 2.44. The van der Waals surface area contributed by atoms with Crippen LogP contribution in [-0.4, -0.2) is 33.7 Å². The number of carbonyl (C=O) groups is 3. The Bertz CT molecular complexity index is 1070. The zero-order valence-electron chi connectivity index (χ0n) is 16.3. The lowest BCUT2D eigenvalue weighted by molar-refractivity contribution is -0.114. The van der Waals surface area contributed by atoms with Crippen LogP contribution in [-0.2, 0) is 9.59 Å². The first-order valence-corrected chi connectivity index (χ1v) is 10.7. The van der Waals surface area contributed by atoms with Gasteiger partial charge in [0.2, 0.25) is 16.9 Å². The van der Waals surface area contributed by atoms with Crippen molar-refractivity contribution in [1.29, 1.82) is 0 Å². The van der Waals surface area contributed by atoms with Gasteiger partial charge in [-0.2, -0.15) is 0 Å². The van der Waals surface area contributed by atoms with Crippen LogP contribution in [0.3, 0.4) is 0 Å². The normalized spacial score (nSPS) is 10.3. The van der Waals surface area contributed by atoms with E-state index < -0.39 is 0 Å². The fourth-order valence-electron chi connectivity index (χ4n) is 2.48. The first-order chi connectivity index (χ1) is 14.4. The molecule has 0 fully saturated rings. The topological polar surface area (TPSA) is 113 Å². The number of nitrogens with zero attached hydrogens (tertiary/aromatic N) is 2. The van der Waals surface area contributed by atoms with Gasteiger partial charge in [-0.15, -0.1) is 10.2 Å². The van der Waals surface area contributed by atoms with Gasteiger partial charge in [-0.05, 0) is 42.8 Å². The molecule has 3 amide bonds. The van der Waals surface area contributed by atoms with Gasteiger partial charge in [-0.1, -0.05) is 41.3 Å². The highest BCUT2D eigenvalue weighted by Crippen LogP contribution is 2.26. The molecule has 2 aromatic carbocycles. The standard InChI is InChI=1S/C20H19N5O3S2/c1-12-5-3-4-6-16(12)18(28)23-19-24-25-20(30-19)29-11-17(27)22-15-9-7-14(8-10-15)21-13(2)26/h3-10H,11H2,1-2H3,(H,21,26)(H,22,27)(H,23,24,28). The van der Waals surface area contributed by atoms with E-state index in [0.717, 1.165) is 5.56 Å². The van der Waals surface area contributed by atoms with Gasteiger partial charge in [-0.3, -0.25) is 19.7 Å². The zero-order chi connectivity index (χ0) is 21.5. The van der Waals surface area contributed by atoms with E-state index in [0.29, 0.717) is 26.4 Å². The molecule has 0 aliphatic heterocycles. The molecule has 0 aliphatic rings. The molecule has 0 unspecified atom stereocenters. The summed E-state index contributed by atoms with van der Waals surface area (Å²) in [6.07, 6.45) is 0. The van der Waals surface area contributed by atoms with Crippen molar-refractivity contribution in [3.8, 4) is 0 Å². The molecule has 154 valence electrons. The van der Waals surface area contributed by atoms with E-state index in [-0.39, 0.29) is 23.5 Å². The Morgan fingerprint density at radius 3 is 2.27 bits per heavy atom. The number of aromatic nitrogens is 2. The quantitative estimate of drug-likeness (QED) is 0.380. The number of rotatable bonds is 7. The second-order valence-corrected chi connectivity index (χ2v) is 8.44. The number of anilines is 3. The summed E-state index contributed by atoms with van der Waals surface area (Å²) in [4.78, 5) is 35.5. The minimum absolute atomic E-state index is 0.147. The largest absolute Gasteiger partial charge is 0.326 e. The predicted molar refractivity (Wildman–Crippen MR) is 119 cm³/mol. The molecule has 30 heavy (non-hydrogen) atoms. The Labute approximate surface area is 181 Å². The van der Waals surface area contributed by atoms with Gasteiger partial charge in [0.05, 0.1) is 5.75 Å². The first kappa shape index (κ1) is 21.5. The predicted octanol–water partition coefficient (Wildman–Crippen LogP) is 3.79. The number of benzene rings is 2. The van der Waals surface area contributed by atoms with Crippen molar-refractivity contribution in [2.24, 2.45) is 0 Å². The lowest BCUT2D eigenvalue weighted by Gasteiger charge is -2.06. The average molecular weight is 442 g/mol. The second-order valence-electron chi connectivity index (χ2n) is 6.24. The summed E-state index contributed by atoms with van der Waals surface area (Å²) in [5.74, 6) is -0.461. The zero-order valence-corrected chi connectivity index (χ0v) is 17.9. The van der Waals surface area contributed by atoms with Crippen molar-refractivity contribution < 1.29 is 14.4 Å². The van der Waals surface area contributed by atoms with Gasteiger partial charge in [0, 0.05) is 23.9 Å². The monoisotopic (exact) mass is 441 g/mol. The van der Waals surface area contributed by atoms with Crippen LogP contribution < -0.4 is 16.0 Å². The van der Waals surface area contributed by atoms with E-state index in [1.165, 1.54) is 30.0 Å². The van der Waals surface area contributed by atoms with Crippen molar-refractivity contribution in [2.75, 3.05) is 21.7 Å². The molecule has 0 radical (unpaired) electrons. The van der Waals surface area contributed by atoms with Crippen LogP contribution in [0.4, 0.5) is 16.5 Å². The maximum Gasteiger partial charge on any atom is 0.257 e. The number of thioether (sulfide) groups is 1. The molecule has 0 atom stereocenters. The van der Waals surface area contributed by atoms with Crippen LogP contribution in [0.25, 0.3) is 0 Å². The number of hydrogen-bond acceptors (Lipinski definition) is 7. The van der Waals surface area contributed by atoms with E-state index in [1.54, 1.807) is 36.4 Å². The smallest absolute Gasteiger partial charge is 0.257 e. The molecule has 0 spiro atoms. The number of nitrogens with one attached hydrogen (secondary N) is 3. The molecule has 3 rings (SSSR count). The molecular weight excluding hydrogens is 422 g/mol. The third-order valence-electron chi connectivity index (χ3n) is 3.83. The van der Waals surface area contributed by atoms with Crippen LogP contribution in [0.1, 0.15) is 22.8 Å². The average Bonchev–Trinajstić information content (AvgIpc) is 3.15. The summed E-state index contributed by atoms with van der Waals surface area (Å²) in [5.41, 5.74) is 2.73. The van der Waals surface area contributed by atoms with Crippen molar-refractivity contribution in [2.45, 2.75) is 18.2 Å². The van der Waals surface area contributed by atoms with E-state index in [2.05, 4.69) is 26.1 Å². The van der Waals surface area contributed by atoms with E-state index in [4.69, 9.17) is 0 Å². The molecule has 0 bridgehead atoms. The van der Waals surface area contributed by atoms with Crippen LogP contribution in [0.5, 0.6) is 0 Å². The molecule has 1 aromatic heterocycles. The SMILES string of the molecule is CC(=O)Nc1ccc(NC(=O)CSc2nnc(NC(=O)c3ccccc3C)s2)cc1. The minimum atomic E-state index is -0.249. The van der Waals surface area contributed by atoms with Crippen LogP contribution in [0.2, 0.25) is 0 Å². The maximum absolute atomic E-state index is 12.3. The van der Waals surface area contributed by atoms with Gasteiger partial charge in [0.1, 0.15) is 0 Å². The molecule has 3 N–H and O–H groups in total. The summed E-state index contributed by atoms with van der Waals surface area (Å²) in [7, 11) is 0. The lowest BCUT2D eigenvalue weighted by Crippen LogP contribution is -2.14. The summed E-state index contributed by atoms with van der Waals surface area (Å²) < 4.78 is 0.575. The Hall–Kier alpha value is -3.24. The van der Waals surface area contributed by atoms with Gasteiger partial charge in [0.25, 0.3) is 5.91 Å². The van der Waals surface area contributed by atoms with Gasteiger partial charge < -0.3 is 10.6 Å². The highest BCUT2D eigenvalue weighted by Gasteiger charge is 2.13. The molecule has 0 saturated heterocycles. The van der Waals surface area contributed by atoms with Crippen molar-refractivity contribution >= 4 is 57.3 Å². The van der Waals surface area contributed by atoms with Gasteiger partial charge >= 0.3 is 0 Å². The van der Waals surface area contributed by atoms with Crippen LogP contribution in [0.15, 0.2) is 52.9 Å². The molecule has 0 aliphatic carbocycles. The maximum atomic E-state index is 12.3. The number of hydrogen-bond donors (Lipinski definition) is 3. The Morgan fingerprint density at radius 1 is 0.933 bits per heavy atom. The third-order valence-corrected chi connectivity index (χ3v) is 5.80. The van der Waals surface area contributed by atoms with E-state index in [1.807, 2.05) is 19.1 Å². The molecule has 8 nitrogen and oxygen atoms in total. The molecular formula is C20H19N5O3S2. The number of carbonyl (C=O) groups excluding carboxylic acids is 3. The molecule has 1 heterocycles. The lowest BCUT2D eigenvalue weighted by atomic mass is 10.1. The Kier molecular flexibility index (Phi) is 7.15. The Balaban J connectivity index is 1.49. The van der Waals surface area contributed by atoms with Gasteiger partial charge in [0.15, 0.2) is 4.34 Å². The number of amides is 3. The van der Waals surface area contributed by atoms with Gasteiger partial charge in [-0.25, -0.2) is 0 Å². The number of aryl methyl sites for hydroxylation is 1. The molecule has 10 heteroatoms. The fourth-order valence-corrected chi connectivity index (χ4v) is 4.02. The Morgan fingerprint density at radius 2 is 1.60 bits per heavy atom. The van der Waals surface area contributed by atoms with Crippen molar-refractivity contribution in [1.82, 2.24) is 10.2 Å². The molecule has 0 saturated carbocycles. The highest BCUT2D eigenvalue weighted by atomic mass is 32.2. The highest BCUT2D eigenvalue weighted by molar-refractivity contribution is 8.01. The van der Waals surface area contributed by atoms with Crippen LogP contribution in [0, 0.1) is 6.92 Å². The summed E-state index contributed by atoms with van der Waals surface area (Å²) in [5, 5.41) is 16.5. The van der Waals surface area contributed by atoms with Crippen LogP contribution >= 0.6 is 23.1 Å². The minimum Gasteiger partial charge on any atom is -0.326 e. The van der Waals surface area contributed by atoms with E-state index in [9.17, 15) is 14.4 Å².